The van der Waals surface area contributed by atoms with Crippen LogP contribution in [0.1, 0.15) is 10.4 Å². The molecule has 3 aromatic rings. The van der Waals surface area contributed by atoms with E-state index in [1.165, 1.54) is 0 Å². The molecule has 100 valence electrons. The number of benzene rings is 2. The third kappa shape index (κ3) is 1.96. The Balaban J connectivity index is 2.45. The summed E-state index contributed by atoms with van der Waals surface area (Å²) in [6.07, 6.45) is 0. The van der Waals surface area contributed by atoms with Gasteiger partial charge in [0, 0.05) is 16.1 Å². The predicted octanol–water partition coefficient (Wildman–Crippen LogP) is 4.64. The minimum Gasteiger partial charge on any atom is -0.478 e. The predicted molar refractivity (Wildman–Crippen MR) is 80.3 cm³/mol. The first-order valence-electron chi connectivity index (χ1n) is 5.88. The van der Waals surface area contributed by atoms with Gasteiger partial charge in [0.2, 0.25) is 0 Å². The maximum absolute atomic E-state index is 11.4. The minimum atomic E-state index is -1.06. The molecule has 0 fully saturated rings. The molecule has 1 N–H and O–H groups in total. The van der Waals surface area contributed by atoms with Crippen LogP contribution in [-0.2, 0) is 0 Å². The first kappa shape index (κ1) is 13.0. The van der Waals surface area contributed by atoms with Crippen molar-refractivity contribution < 1.29 is 9.90 Å². The van der Waals surface area contributed by atoms with Crippen molar-refractivity contribution in [2.45, 2.75) is 0 Å². The molecule has 0 amide bonds. The van der Waals surface area contributed by atoms with Crippen LogP contribution in [0.5, 0.6) is 0 Å². The number of aromatic carboxylic acids is 1. The molecule has 0 bridgehead atoms. The first-order chi connectivity index (χ1) is 9.59. The molecule has 3 rings (SSSR count). The number of carboxylic acid groups (broad SMARTS) is 1. The fraction of sp³-hybridized carbons (Fsp3) is 0. The van der Waals surface area contributed by atoms with Gasteiger partial charge in [-0.05, 0) is 24.3 Å². The Morgan fingerprint density at radius 1 is 1.05 bits per heavy atom. The van der Waals surface area contributed by atoms with Crippen LogP contribution in [0.15, 0.2) is 48.5 Å². The van der Waals surface area contributed by atoms with Crippen LogP contribution in [0, 0.1) is 0 Å². The largest absolute Gasteiger partial charge is 0.478 e. The highest BCUT2D eigenvalue weighted by Gasteiger charge is 2.21. The Hall–Kier alpha value is -1.97. The van der Waals surface area contributed by atoms with E-state index in [1.807, 2.05) is 30.3 Å². The average molecular weight is 306 g/mol. The van der Waals surface area contributed by atoms with Crippen molar-refractivity contribution in [3.8, 4) is 5.69 Å². The van der Waals surface area contributed by atoms with Gasteiger partial charge in [-0.1, -0.05) is 47.5 Å². The molecule has 1 aromatic heterocycles. The lowest BCUT2D eigenvalue weighted by molar-refractivity contribution is 0.0699. The van der Waals surface area contributed by atoms with E-state index >= 15 is 0 Å². The summed E-state index contributed by atoms with van der Waals surface area (Å²) < 4.78 is 1.69. The van der Waals surface area contributed by atoms with Gasteiger partial charge in [-0.15, -0.1) is 0 Å². The number of para-hydroxylation sites is 1. The van der Waals surface area contributed by atoms with Gasteiger partial charge < -0.3 is 5.11 Å². The lowest BCUT2D eigenvalue weighted by Crippen LogP contribution is -1.98. The molecule has 0 radical (unpaired) electrons. The van der Waals surface area contributed by atoms with Gasteiger partial charge >= 0.3 is 5.97 Å². The van der Waals surface area contributed by atoms with E-state index < -0.39 is 5.97 Å². The number of hydrogen-bond donors (Lipinski definition) is 1. The van der Waals surface area contributed by atoms with Gasteiger partial charge in [0.25, 0.3) is 0 Å². The van der Waals surface area contributed by atoms with Gasteiger partial charge in [-0.3, -0.25) is 4.57 Å². The average Bonchev–Trinajstić information content (AvgIpc) is 2.71. The highest BCUT2D eigenvalue weighted by Crippen LogP contribution is 2.34. The molecule has 0 spiro atoms. The molecule has 1 heterocycles. The lowest BCUT2D eigenvalue weighted by Gasteiger charge is -2.06. The number of carboxylic acids is 1. The highest BCUT2D eigenvalue weighted by molar-refractivity contribution is 6.36. The van der Waals surface area contributed by atoms with E-state index in [0.29, 0.717) is 15.9 Å². The molecule has 0 atom stereocenters. The van der Waals surface area contributed by atoms with Crippen molar-refractivity contribution in [1.29, 1.82) is 0 Å². The van der Waals surface area contributed by atoms with E-state index in [4.69, 9.17) is 23.2 Å². The number of hydrogen-bond acceptors (Lipinski definition) is 1. The van der Waals surface area contributed by atoms with Crippen LogP contribution >= 0.6 is 23.2 Å². The molecule has 0 unspecified atom stereocenters. The molecule has 0 aliphatic heterocycles. The Morgan fingerprint density at radius 3 is 2.40 bits per heavy atom. The number of halogens is 2. The summed E-state index contributed by atoms with van der Waals surface area (Å²) in [7, 11) is 0. The summed E-state index contributed by atoms with van der Waals surface area (Å²) in [5, 5.41) is 10.6. The topological polar surface area (TPSA) is 42.2 Å². The summed E-state index contributed by atoms with van der Waals surface area (Å²) in [4.78, 5) is 11.4. The van der Waals surface area contributed by atoms with E-state index in [9.17, 15) is 9.90 Å². The first-order valence-corrected chi connectivity index (χ1v) is 6.63. The van der Waals surface area contributed by atoms with Crippen molar-refractivity contribution in [3.63, 3.8) is 0 Å². The normalized spacial score (nSPS) is 10.9. The summed E-state index contributed by atoms with van der Waals surface area (Å²) in [5.74, 6) is -1.06. The zero-order valence-corrected chi connectivity index (χ0v) is 11.7. The summed E-state index contributed by atoms with van der Waals surface area (Å²) >= 11 is 12.3. The van der Waals surface area contributed by atoms with Crippen molar-refractivity contribution in [3.05, 3.63) is 64.3 Å². The quantitative estimate of drug-likeness (QED) is 0.749. The van der Waals surface area contributed by atoms with E-state index in [0.717, 1.165) is 5.69 Å². The van der Waals surface area contributed by atoms with Gasteiger partial charge in [0.1, 0.15) is 10.7 Å². The third-order valence-electron chi connectivity index (χ3n) is 3.10. The molecule has 0 saturated heterocycles. The van der Waals surface area contributed by atoms with Crippen LogP contribution in [0.4, 0.5) is 0 Å². The second kappa shape index (κ2) is 4.85. The second-order valence-corrected chi connectivity index (χ2v) is 5.10. The molecule has 0 aliphatic carbocycles. The van der Waals surface area contributed by atoms with Crippen LogP contribution < -0.4 is 0 Å². The Morgan fingerprint density at radius 2 is 1.75 bits per heavy atom. The fourth-order valence-corrected chi connectivity index (χ4v) is 2.80. The monoisotopic (exact) mass is 305 g/mol. The Bertz CT molecular complexity index is 810. The molecule has 0 aliphatic rings. The Labute approximate surface area is 125 Å². The van der Waals surface area contributed by atoms with Crippen LogP contribution in [-0.4, -0.2) is 15.6 Å². The van der Waals surface area contributed by atoms with E-state index in [-0.39, 0.29) is 10.7 Å². The van der Waals surface area contributed by atoms with Crippen LogP contribution in [0.3, 0.4) is 0 Å². The number of nitrogens with zero attached hydrogens (tertiary/aromatic N) is 1. The number of fused-ring (bicyclic) bond motifs is 1. The molecular weight excluding hydrogens is 297 g/mol. The van der Waals surface area contributed by atoms with E-state index in [2.05, 4.69) is 0 Å². The second-order valence-electron chi connectivity index (χ2n) is 4.30. The minimum absolute atomic E-state index is 0.0854. The molecule has 0 saturated carbocycles. The standard InChI is InChI=1S/C15H9Cl2NO2/c16-9-6-7-11-12(8-9)18(10-4-2-1-3-5-10)14(17)13(11)15(19)20/h1-8H,(H,19,20). The maximum atomic E-state index is 11.4. The van der Waals surface area contributed by atoms with Crippen LogP contribution in [0.25, 0.3) is 16.6 Å². The smallest absolute Gasteiger partial charge is 0.339 e. The molecule has 20 heavy (non-hydrogen) atoms. The highest BCUT2D eigenvalue weighted by atomic mass is 35.5. The summed E-state index contributed by atoms with van der Waals surface area (Å²) in [6, 6.07) is 14.4. The van der Waals surface area contributed by atoms with Crippen LogP contribution in [0.2, 0.25) is 10.2 Å². The molecule has 3 nitrogen and oxygen atoms in total. The Kier molecular flexibility index (Phi) is 3.16. The SMILES string of the molecule is O=C(O)c1c(Cl)n(-c2ccccc2)c2cc(Cl)ccc12. The third-order valence-corrected chi connectivity index (χ3v) is 3.69. The summed E-state index contributed by atoms with van der Waals surface area (Å²) in [6.45, 7) is 0. The van der Waals surface area contributed by atoms with Gasteiger partial charge in [0.05, 0.1) is 5.52 Å². The van der Waals surface area contributed by atoms with Gasteiger partial charge in [-0.25, -0.2) is 4.79 Å². The maximum Gasteiger partial charge on any atom is 0.339 e. The zero-order chi connectivity index (χ0) is 14.3. The van der Waals surface area contributed by atoms with Gasteiger partial charge in [-0.2, -0.15) is 0 Å². The molecule has 5 heteroatoms. The number of aromatic nitrogens is 1. The van der Waals surface area contributed by atoms with Gasteiger partial charge in [0.15, 0.2) is 0 Å². The van der Waals surface area contributed by atoms with Crippen molar-refractivity contribution in [2.24, 2.45) is 0 Å². The fourth-order valence-electron chi connectivity index (χ4n) is 2.26. The number of rotatable bonds is 2. The van der Waals surface area contributed by atoms with Crippen molar-refractivity contribution in [2.75, 3.05) is 0 Å². The summed E-state index contributed by atoms with van der Waals surface area (Å²) in [5.41, 5.74) is 1.55. The van der Waals surface area contributed by atoms with Crippen molar-refractivity contribution >= 4 is 40.1 Å². The lowest BCUT2D eigenvalue weighted by atomic mass is 10.2. The van der Waals surface area contributed by atoms with E-state index in [1.54, 1.807) is 22.8 Å². The zero-order valence-electron chi connectivity index (χ0n) is 10.2. The van der Waals surface area contributed by atoms with Crippen molar-refractivity contribution in [1.82, 2.24) is 4.57 Å². The molecule has 2 aromatic carbocycles. The number of carbonyl (C=O) groups is 1. The molecular formula is C15H9Cl2NO2.